The molecule has 8 heteroatoms. The summed E-state index contributed by atoms with van der Waals surface area (Å²) in [6, 6.07) is 4.95. The number of benzene rings is 1. The average Bonchev–Trinajstić information content (AvgIpc) is 2.89. The third-order valence-electron chi connectivity index (χ3n) is 4.02. The number of nitro benzene ring substituents is 1. The molecule has 1 saturated heterocycles. The maximum absolute atomic E-state index is 12.4. The predicted octanol–water partition coefficient (Wildman–Crippen LogP) is 1.86. The van der Waals surface area contributed by atoms with E-state index in [9.17, 15) is 14.9 Å². The van der Waals surface area contributed by atoms with E-state index in [2.05, 4.69) is 17.2 Å². The Hall–Kier alpha value is -2.12. The minimum atomic E-state index is -0.421. The van der Waals surface area contributed by atoms with E-state index in [4.69, 9.17) is 0 Å². The Morgan fingerprint density at radius 1 is 1.48 bits per heavy atom. The number of non-ortho nitro benzene ring substituents is 1. The second-order valence-electron chi connectivity index (χ2n) is 5.67. The SMILES string of the molecule is C[C@@H]1CN(C(=O)Cc2c[nH]c3ccc([N+](=O)[O-])cc23)CCN1.Cl. The lowest BCUT2D eigenvalue weighted by Crippen LogP contribution is -2.51. The van der Waals surface area contributed by atoms with Crippen LogP contribution in [0.2, 0.25) is 0 Å². The molecule has 0 radical (unpaired) electrons. The molecule has 2 N–H and O–H groups in total. The van der Waals surface area contributed by atoms with E-state index in [0.29, 0.717) is 19.1 Å². The fourth-order valence-corrected chi connectivity index (χ4v) is 2.86. The number of carbonyl (C=O) groups is 1. The summed E-state index contributed by atoms with van der Waals surface area (Å²) in [6.45, 7) is 4.24. The van der Waals surface area contributed by atoms with Crippen molar-refractivity contribution in [2.45, 2.75) is 19.4 Å². The van der Waals surface area contributed by atoms with Gasteiger partial charge in [0.2, 0.25) is 5.91 Å². The highest BCUT2D eigenvalue weighted by Gasteiger charge is 2.21. The molecule has 0 unspecified atom stereocenters. The number of nitrogens with one attached hydrogen (secondary N) is 2. The smallest absolute Gasteiger partial charge is 0.270 e. The van der Waals surface area contributed by atoms with Crippen LogP contribution in [0.1, 0.15) is 12.5 Å². The standard InChI is InChI=1S/C15H18N4O3.ClH/c1-10-9-18(5-4-16-10)15(20)6-11-8-17-14-3-2-12(19(21)22)7-13(11)14;/h2-3,7-8,10,16-17H,4-6,9H2,1H3;1H/t10-;/m1./s1. The third-order valence-corrected chi connectivity index (χ3v) is 4.02. The van der Waals surface area contributed by atoms with Gasteiger partial charge in [0, 0.05) is 54.9 Å². The molecule has 1 aromatic carbocycles. The normalized spacial score (nSPS) is 17.8. The van der Waals surface area contributed by atoms with Gasteiger partial charge < -0.3 is 15.2 Å². The number of aromatic nitrogens is 1. The lowest BCUT2D eigenvalue weighted by Gasteiger charge is -2.31. The molecule has 0 bridgehead atoms. The summed E-state index contributed by atoms with van der Waals surface area (Å²) in [4.78, 5) is 27.8. The Labute approximate surface area is 139 Å². The van der Waals surface area contributed by atoms with Gasteiger partial charge in [0.15, 0.2) is 0 Å². The van der Waals surface area contributed by atoms with Gasteiger partial charge in [-0.25, -0.2) is 0 Å². The lowest BCUT2D eigenvalue weighted by atomic mass is 10.1. The van der Waals surface area contributed by atoms with Crippen molar-refractivity contribution >= 4 is 34.9 Å². The molecule has 0 spiro atoms. The Balaban J connectivity index is 0.00000192. The van der Waals surface area contributed by atoms with Crippen molar-refractivity contribution in [3.05, 3.63) is 40.1 Å². The number of hydrogen-bond donors (Lipinski definition) is 2. The van der Waals surface area contributed by atoms with Gasteiger partial charge in [-0.15, -0.1) is 12.4 Å². The van der Waals surface area contributed by atoms with Crippen molar-refractivity contribution in [3.63, 3.8) is 0 Å². The van der Waals surface area contributed by atoms with Crippen molar-refractivity contribution in [3.8, 4) is 0 Å². The number of carbonyl (C=O) groups excluding carboxylic acids is 1. The van der Waals surface area contributed by atoms with Crippen LogP contribution in [0, 0.1) is 10.1 Å². The van der Waals surface area contributed by atoms with E-state index < -0.39 is 4.92 Å². The summed E-state index contributed by atoms with van der Waals surface area (Å²) in [5, 5.41) is 14.9. The van der Waals surface area contributed by atoms with E-state index in [1.807, 2.05) is 4.90 Å². The predicted molar refractivity (Wildman–Crippen MR) is 89.9 cm³/mol. The van der Waals surface area contributed by atoms with Crippen molar-refractivity contribution in [1.29, 1.82) is 0 Å². The van der Waals surface area contributed by atoms with Crippen LogP contribution in [0.4, 0.5) is 5.69 Å². The number of H-pyrrole nitrogens is 1. The first-order chi connectivity index (χ1) is 10.5. The molecule has 2 heterocycles. The van der Waals surface area contributed by atoms with Crippen LogP contribution in [0.25, 0.3) is 10.9 Å². The number of nitro groups is 1. The largest absolute Gasteiger partial charge is 0.361 e. The van der Waals surface area contributed by atoms with Gasteiger partial charge in [-0.3, -0.25) is 14.9 Å². The number of piperazine rings is 1. The number of amides is 1. The molecule has 1 aromatic heterocycles. The molecule has 0 aliphatic carbocycles. The monoisotopic (exact) mass is 338 g/mol. The molecule has 124 valence electrons. The molecule has 1 aliphatic heterocycles. The molecule has 1 fully saturated rings. The second kappa shape index (κ2) is 6.97. The summed E-state index contributed by atoms with van der Waals surface area (Å²) in [6.07, 6.45) is 2.02. The zero-order chi connectivity index (χ0) is 15.7. The zero-order valence-electron chi connectivity index (χ0n) is 12.7. The number of fused-ring (bicyclic) bond motifs is 1. The molecular formula is C15H19ClN4O3. The number of nitrogens with zero attached hydrogens (tertiary/aromatic N) is 2. The summed E-state index contributed by atoms with van der Waals surface area (Å²) < 4.78 is 0. The maximum atomic E-state index is 12.4. The van der Waals surface area contributed by atoms with Crippen LogP contribution in [-0.4, -0.2) is 46.4 Å². The molecular weight excluding hydrogens is 320 g/mol. The third kappa shape index (κ3) is 3.62. The van der Waals surface area contributed by atoms with Crippen LogP contribution in [0.15, 0.2) is 24.4 Å². The van der Waals surface area contributed by atoms with Crippen molar-refractivity contribution < 1.29 is 9.72 Å². The van der Waals surface area contributed by atoms with Gasteiger partial charge >= 0.3 is 0 Å². The summed E-state index contributed by atoms with van der Waals surface area (Å²) in [5.41, 5.74) is 1.65. The molecule has 1 aliphatic rings. The van der Waals surface area contributed by atoms with Gasteiger partial charge in [0.05, 0.1) is 11.3 Å². The summed E-state index contributed by atoms with van der Waals surface area (Å²) in [7, 11) is 0. The first kappa shape index (κ1) is 17.2. The van der Waals surface area contributed by atoms with E-state index in [1.165, 1.54) is 12.1 Å². The Kier molecular flexibility index (Phi) is 5.23. The minimum Gasteiger partial charge on any atom is -0.361 e. The van der Waals surface area contributed by atoms with Crippen molar-refractivity contribution in [2.24, 2.45) is 0 Å². The second-order valence-corrected chi connectivity index (χ2v) is 5.67. The fourth-order valence-electron chi connectivity index (χ4n) is 2.86. The van der Waals surface area contributed by atoms with Gasteiger partial charge in [-0.2, -0.15) is 0 Å². The van der Waals surface area contributed by atoms with E-state index in [0.717, 1.165) is 23.0 Å². The first-order valence-corrected chi connectivity index (χ1v) is 7.30. The molecule has 2 aromatic rings. The molecule has 7 nitrogen and oxygen atoms in total. The minimum absolute atomic E-state index is 0. The van der Waals surface area contributed by atoms with Crippen LogP contribution in [0.5, 0.6) is 0 Å². The Morgan fingerprint density at radius 3 is 2.96 bits per heavy atom. The highest BCUT2D eigenvalue weighted by Crippen LogP contribution is 2.24. The first-order valence-electron chi connectivity index (χ1n) is 7.30. The van der Waals surface area contributed by atoms with Gasteiger partial charge in [-0.05, 0) is 18.6 Å². The average molecular weight is 339 g/mol. The van der Waals surface area contributed by atoms with Crippen molar-refractivity contribution in [1.82, 2.24) is 15.2 Å². The van der Waals surface area contributed by atoms with Crippen LogP contribution in [-0.2, 0) is 11.2 Å². The van der Waals surface area contributed by atoms with Crippen LogP contribution < -0.4 is 5.32 Å². The summed E-state index contributed by atoms with van der Waals surface area (Å²) in [5.74, 6) is 0.0563. The van der Waals surface area contributed by atoms with E-state index in [1.54, 1.807) is 12.3 Å². The fraction of sp³-hybridized carbons (Fsp3) is 0.400. The summed E-state index contributed by atoms with van der Waals surface area (Å²) >= 11 is 0. The zero-order valence-corrected chi connectivity index (χ0v) is 13.6. The molecule has 0 saturated carbocycles. The van der Waals surface area contributed by atoms with Gasteiger partial charge in [0.1, 0.15) is 0 Å². The van der Waals surface area contributed by atoms with E-state index in [-0.39, 0.29) is 30.4 Å². The van der Waals surface area contributed by atoms with Crippen molar-refractivity contribution in [2.75, 3.05) is 19.6 Å². The topological polar surface area (TPSA) is 91.3 Å². The maximum Gasteiger partial charge on any atom is 0.270 e. The van der Waals surface area contributed by atoms with Gasteiger partial charge in [-0.1, -0.05) is 0 Å². The van der Waals surface area contributed by atoms with Gasteiger partial charge in [0.25, 0.3) is 5.69 Å². The van der Waals surface area contributed by atoms with Crippen LogP contribution >= 0.6 is 12.4 Å². The number of hydrogen-bond acceptors (Lipinski definition) is 4. The molecule has 23 heavy (non-hydrogen) atoms. The molecule has 1 atom stereocenters. The highest BCUT2D eigenvalue weighted by molar-refractivity contribution is 5.90. The number of rotatable bonds is 3. The molecule has 1 amide bonds. The lowest BCUT2D eigenvalue weighted by molar-refractivity contribution is -0.384. The Bertz CT molecular complexity index is 731. The Morgan fingerprint density at radius 2 is 2.26 bits per heavy atom. The highest BCUT2D eigenvalue weighted by atomic mass is 35.5. The van der Waals surface area contributed by atoms with Crippen LogP contribution in [0.3, 0.4) is 0 Å². The van der Waals surface area contributed by atoms with E-state index >= 15 is 0 Å². The quantitative estimate of drug-likeness (QED) is 0.660. The number of halogens is 1. The molecule has 3 rings (SSSR count). The number of aromatic amines is 1.